The highest BCUT2D eigenvalue weighted by molar-refractivity contribution is 6.14. The van der Waals surface area contributed by atoms with E-state index in [1.54, 1.807) is 23.0 Å². The van der Waals surface area contributed by atoms with Gasteiger partial charge in [0.05, 0.1) is 6.20 Å². The van der Waals surface area contributed by atoms with Crippen molar-refractivity contribution >= 4 is 29.5 Å². The first-order valence-electron chi connectivity index (χ1n) is 6.48. The molecule has 1 saturated heterocycles. The molecule has 21 heavy (non-hydrogen) atoms. The Morgan fingerprint density at radius 2 is 2.14 bits per heavy atom. The van der Waals surface area contributed by atoms with E-state index in [0.29, 0.717) is 11.2 Å². The summed E-state index contributed by atoms with van der Waals surface area (Å²) in [5.74, 6) is 0.258. The number of hydrogen-bond acceptors (Lipinski definition) is 5. The lowest BCUT2D eigenvalue weighted by molar-refractivity contribution is -0.115. The van der Waals surface area contributed by atoms with E-state index in [1.807, 2.05) is 19.9 Å². The first-order valence-corrected chi connectivity index (χ1v) is 6.48. The molecular formula is C13H14N6O2. The number of anilines is 1. The average molecular weight is 286 g/mol. The third-order valence-electron chi connectivity index (χ3n) is 2.85. The van der Waals surface area contributed by atoms with Gasteiger partial charge in [-0.1, -0.05) is 0 Å². The van der Waals surface area contributed by atoms with Gasteiger partial charge in [0.1, 0.15) is 11.5 Å². The fraction of sp³-hybridized carbons (Fsp3) is 0.231. The van der Waals surface area contributed by atoms with Crippen LogP contribution >= 0.6 is 0 Å². The number of aromatic nitrogens is 3. The van der Waals surface area contributed by atoms with Gasteiger partial charge in [0.2, 0.25) is 0 Å². The van der Waals surface area contributed by atoms with Gasteiger partial charge in [-0.15, -0.1) is 0 Å². The highest BCUT2D eigenvalue weighted by atomic mass is 16.2. The van der Waals surface area contributed by atoms with Crippen LogP contribution in [0.15, 0.2) is 24.2 Å². The lowest BCUT2D eigenvalue weighted by atomic mass is 10.2. The summed E-state index contributed by atoms with van der Waals surface area (Å²) in [6.07, 6.45) is 4.92. The largest absolute Gasteiger partial charge is 0.368 e. The summed E-state index contributed by atoms with van der Waals surface area (Å²) in [5.41, 5.74) is 1.43. The number of imide groups is 1. The van der Waals surface area contributed by atoms with Crippen LogP contribution in [0.1, 0.15) is 19.4 Å². The first kappa shape index (κ1) is 13.1. The van der Waals surface area contributed by atoms with Crippen LogP contribution in [-0.2, 0) is 4.79 Å². The summed E-state index contributed by atoms with van der Waals surface area (Å²) >= 11 is 0. The second-order valence-corrected chi connectivity index (χ2v) is 4.95. The Labute approximate surface area is 120 Å². The maximum absolute atomic E-state index is 11.5. The maximum Gasteiger partial charge on any atom is 0.326 e. The summed E-state index contributed by atoms with van der Waals surface area (Å²) < 4.78 is 1.60. The molecule has 1 aliphatic rings. The topological polar surface area (TPSA) is 100 Å². The fourth-order valence-electron chi connectivity index (χ4n) is 2.00. The third-order valence-corrected chi connectivity index (χ3v) is 2.85. The number of amides is 3. The quantitative estimate of drug-likeness (QED) is 0.570. The molecule has 1 aliphatic heterocycles. The minimum absolute atomic E-state index is 0.180. The summed E-state index contributed by atoms with van der Waals surface area (Å²) in [4.78, 5) is 27.1. The summed E-state index contributed by atoms with van der Waals surface area (Å²) in [6, 6.07) is 1.54. The molecule has 0 radical (unpaired) electrons. The molecule has 0 unspecified atom stereocenters. The summed E-state index contributed by atoms with van der Waals surface area (Å²) in [6.45, 7) is 4.03. The Kier molecular flexibility index (Phi) is 3.05. The van der Waals surface area contributed by atoms with Crippen molar-refractivity contribution in [1.82, 2.24) is 25.2 Å². The molecule has 3 heterocycles. The molecule has 8 heteroatoms. The number of nitrogens with zero attached hydrogens (tertiary/aromatic N) is 3. The zero-order chi connectivity index (χ0) is 15.0. The minimum atomic E-state index is -0.530. The van der Waals surface area contributed by atoms with Crippen molar-refractivity contribution in [2.24, 2.45) is 0 Å². The van der Waals surface area contributed by atoms with Crippen LogP contribution < -0.4 is 16.0 Å². The molecule has 2 aromatic heterocycles. The highest BCUT2D eigenvalue weighted by Gasteiger charge is 2.23. The van der Waals surface area contributed by atoms with Gasteiger partial charge in [-0.3, -0.25) is 10.1 Å². The van der Waals surface area contributed by atoms with Gasteiger partial charge in [-0.2, -0.15) is 5.10 Å². The Morgan fingerprint density at radius 3 is 2.81 bits per heavy atom. The van der Waals surface area contributed by atoms with Crippen molar-refractivity contribution in [3.8, 4) is 0 Å². The molecule has 1 fully saturated rings. The van der Waals surface area contributed by atoms with Crippen molar-refractivity contribution in [2.45, 2.75) is 19.9 Å². The Bertz CT molecular complexity index is 761. The molecular weight excluding hydrogens is 272 g/mol. The van der Waals surface area contributed by atoms with Gasteiger partial charge in [-0.05, 0) is 26.0 Å². The minimum Gasteiger partial charge on any atom is -0.368 e. The molecule has 2 aromatic rings. The predicted octanol–water partition coefficient (Wildman–Crippen LogP) is 0.730. The fourth-order valence-corrected chi connectivity index (χ4v) is 2.00. The molecule has 3 N–H and O–H groups in total. The molecule has 0 aliphatic carbocycles. The standard InChI is InChI=1S/C13H14N6O2/c1-7(2)15-10-3-4-19-11(17-10)8(6-14-19)5-9-12(20)18-13(21)16-9/h3-7H,1-2H3,(H,15,17)(H2,16,18,20,21). The molecule has 3 rings (SSSR count). The Hall–Kier alpha value is -2.90. The van der Waals surface area contributed by atoms with Gasteiger partial charge < -0.3 is 10.6 Å². The van der Waals surface area contributed by atoms with Crippen LogP contribution in [0.5, 0.6) is 0 Å². The van der Waals surface area contributed by atoms with Crippen LogP contribution in [0.25, 0.3) is 11.7 Å². The molecule has 0 saturated carbocycles. The summed E-state index contributed by atoms with van der Waals surface area (Å²) in [5, 5.41) is 11.9. The number of carbonyl (C=O) groups excluding carboxylic acids is 2. The summed E-state index contributed by atoms with van der Waals surface area (Å²) in [7, 11) is 0. The lowest BCUT2D eigenvalue weighted by Gasteiger charge is -2.08. The maximum atomic E-state index is 11.5. The molecule has 0 atom stereocenters. The van der Waals surface area contributed by atoms with Crippen molar-refractivity contribution in [3.63, 3.8) is 0 Å². The van der Waals surface area contributed by atoms with Crippen molar-refractivity contribution in [1.29, 1.82) is 0 Å². The van der Waals surface area contributed by atoms with E-state index in [4.69, 9.17) is 0 Å². The van der Waals surface area contributed by atoms with Gasteiger partial charge >= 0.3 is 6.03 Å². The first-order chi connectivity index (χ1) is 10.0. The average Bonchev–Trinajstić information content (AvgIpc) is 2.93. The number of nitrogens with one attached hydrogen (secondary N) is 3. The second-order valence-electron chi connectivity index (χ2n) is 4.95. The Balaban J connectivity index is 2.01. The molecule has 3 amide bonds. The molecule has 0 aromatic carbocycles. The number of rotatable bonds is 3. The van der Waals surface area contributed by atoms with Crippen molar-refractivity contribution in [3.05, 3.63) is 29.7 Å². The van der Waals surface area contributed by atoms with Gasteiger partial charge in [0.15, 0.2) is 5.65 Å². The SMILES string of the molecule is CC(C)Nc1ccn2ncc(C=C3NC(=O)NC3=O)c2n1. The van der Waals surface area contributed by atoms with E-state index in [-0.39, 0.29) is 11.7 Å². The number of carbonyl (C=O) groups is 2. The predicted molar refractivity (Wildman–Crippen MR) is 76.4 cm³/mol. The van der Waals surface area contributed by atoms with Crippen molar-refractivity contribution < 1.29 is 9.59 Å². The smallest absolute Gasteiger partial charge is 0.326 e. The van der Waals surface area contributed by atoms with Gasteiger partial charge in [0.25, 0.3) is 5.91 Å². The van der Waals surface area contributed by atoms with Crippen LogP contribution in [-0.4, -0.2) is 32.6 Å². The van der Waals surface area contributed by atoms with Crippen molar-refractivity contribution in [2.75, 3.05) is 5.32 Å². The van der Waals surface area contributed by atoms with E-state index in [0.717, 1.165) is 5.82 Å². The zero-order valence-electron chi connectivity index (χ0n) is 11.5. The van der Waals surface area contributed by atoms with E-state index in [1.165, 1.54) is 0 Å². The Morgan fingerprint density at radius 1 is 1.33 bits per heavy atom. The van der Waals surface area contributed by atoms with Gasteiger partial charge in [-0.25, -0.2) is 14.3 Å². The van der Waals surface area contributed by atoms with Crippen LogP contribution in [0.4, 0.5) is 10.6 Å². The highest BCUT2D eigenvalue weighted by Crippen LogP contribution is 2.15. The zero-order valence-corrected chi connectivity index (χ0v) is 11.5. The van der Waals surface area contributed by atoms with E-state index in [9.17, 15) is 9.59 Å². The number of fused-ring (bicyclic) bond motifs is 1. The normalized spacial score (nSPS) is 16.6. The number of urea groups is 1. The van der Waals surface area contributed by atoms with Crippen LogP contribution in [0.2, 0.25) is 0 Å². The number of hydrogen-bond donors (Lipinski definition) is 3. The van der Waals surface area contributed by atoms with E-state index in [2.05, 4.69) is 26.0 Å². The molecule has 108 valence electrons. The monoisotopic (exact) mass is 286 g/mol. The molecule has 0 bridgehead atoms. The van der Waals surface area contributed by atoms with Crippen LogP contribution in [0, 0.1) is 0 Å². The van der Waals surface area contributed by atoms with E-state index < -0.39 is 11.9 Å². The van der Waals surface area contributed by atoms with E-state index >= 15 is 0 Å². The molecule has 8 nitrogen and oxygen atoms in total. The van der Waals surface area contributed by atoms with Gasteiger partial charge in [0, 0.05) is 17.8 Å². The molecule has 0 spiro atoms. The second kappa shape index (κ2) is 4.89. The lowest BCUT2D eigenvalue weighted by Crippen LogP contribution is -2.22. The van der Waals surface area contributed by atoms with Crippen LogP contribution in [0.3, 0.4) is 0 Å². The third kappa shape index (κ3) is 2.55.